The topological polar surface area (TPSA) is 169 Å². The fourth-order valence-electron chi connectivity index (χ4n) is 5.27. The van der Waals surface area contributed by atoms with Crippen LogP contribution in [0.5, 0.6) is 0 Å². The third-order valence-corrected chi connectivity index (χ3v) is 8.43. The lowest BCUT2D eigenvalue weighted by atomic mass is 9.99. The lowest BCUT2D eigenvalue weighted by Crippen LogP contribution is -2.60. The summed E-state index contributed by atoms with van der Waals surface area (Å²) in [6, 6.07) is 0. The van der Waals surface area contributed by atoms with Crippen molar-refractivity contribution in [2.45, 2.75) is 153 Å². The largest absolute Gasteiger partial charge is 0.479 e. The Balaban J connectivity index is 2.50. The highest BCUT2D eigenvalue weighted by Crippen LogP contribution is 2.23. The summed E-state index contributed by atoms with van der Waals surface area (Å²) in [6.45, 7) is 3.47. The van der Waals surface area contributed by atoms with Crippen LogP contribution in [0, 0.1) is 0 Å². The zero-order valence-electron chi connectivity index (χ0n) is 33.6. The number of carbonyl (C=O) groups is 3. The number of aliphatic carboxylic acids is 1. The molecule has 0 bridgehead atoms. The second kappa shape index (κ2) is 34.4. The lowest BCUT2D eigenvalue weighted by molar-refractivity contribution is -0.298. The Kier molecular flexibility index (Phi) is 30.8. The number of carbonyl (C=O) groups excluding carboxylic acids is 2. The van der Waals surface area contributed by atoms with E-state index in [4.69, 9.17) is 18.9 Å². The van der Waals surface area contributed by atoms with Crippen LogP contribution in [0.4, 0.5) is 0 Å². The molecule has 56 heavy (non-hydrogen) atoms. The monoisotopic (exact) mass is 784 g/mol. The van der Waals surface area contributed by atoms with Crippen molar-refractivity contribution in [1.29, 1.82) is 0 Å². The Morgan fingerprint density at radius 1 is 0.554 bits per heavy atom. The maximum absolute atomic E-state index is 12.7. The summed E-state index contributed by atoms with van der Waals surface area (Å²) < 4.78 is 21.6. The molecule has 0 amide bonds. The van der Waals surface area contributed by atoms with Gasteiger partial charge in [0.05, 0.1) is 6.61 Å². The molecule has 0 radical (unpaired) electrons. The second-order valence-corrected chi connectivity index (χ2v) is 13.4. The summed E-state index contributed by atoms with van der Waals surface area (Å²) in [5.41, 5.74) is 0. The maximum Gasteiger partial charge on any atom is 0.335 e. The standard InChI is InChI=1S/C45H68O11/c1-3-5-7-9-11-13-15-17-19-21-23-25-27-29-31-33-38(46)53-35-37(36-54-45-42(50)40(48)41(49)43(56-45)44(51)52)55-39(47)34-32-30-28-26-24-22-20-18-16-14-12-10-8-6-4-2/h5-8,11-14,17-20,23-26,37,40-43,45,48-50H,3-4,9-10,15-16,21-22,27-36H2,1-2H3,(H,51,52)/b7-5-,8-6-,13-11-,14-12-,19-17-,20-18-,25-23-,26-24-. The van der Waals surface area contributed by atoms with Crippen LogP contribution < -0.4 is 0 Å². The minimum atomic E-state index is -1.88. The van der Waals surface area contributed by atoms with Gasteiger partial charge in [0.2, 0.25) is 0 Å². The fourth-order valence-corrected chi connectivity index (χ4v) is 5.27. The van der Waals surface area contributed by atoms with Crippen molar-refractivity contribution in [1.82, 2.24) is 0 Å². The summed E-state index contributed by atoms with van der Waals surface area (Å²) in [7, 11) is 0. The molecular formula is C45H68O11. The molecule has 0 aromatic rings. The van der Waals surface area contributed by atoms with Crippen molar-refractivity contribution in [3.05, 3.63) is 97.2 Å². The van der Waals surface area contributed by atoms with Gasteiger partial charge in [0.1, 0.15) is 24.9 Å². The molecule has 6 unspecified atom stereocenters. The number of allylic oxidation sites excluding steroid dienone is 16. The van der Waals surface area contributed by atoms with Crippen molar-refractivity contribution in [3.8, 4) is 0 Å². The average Bonchev–Trinajstić information content (AvgIpc) is 3.18. The molecule has 6 atom stereocenters. The third-order valence-electron chi connectivity index (χ3n) is 8.43. The molecule has 4 N–H and O–H groups in total. The average molecular weight is 785 g/mol. The van der Waals surface area contributed by atoms with E-state index in [0.717, 1.165) is 77.0 Å². The van der Waals surface area contributed by atoms with Gasteiger partial charge in [0.25, 0.3) is 0 Å². The molecule has 1 saturated heterocycles. The normalized spacial score (nSPS) is 21.3. The lowest BCUT2D eigenvalue weighted by Gasteiger charge is -2.38. The summed E-state index contributed by atoms with van der Waals surface area (Å²) in [5, 5.41) is 39.7. The van der Waals surface area contributed by atoms with E-state index >= 15 is 0 Å². The van der Waals surface area contributed by atoms with Crippen molar-refractivity contribution in [2.75, 3.05) is 13.2 Å². The SMILES string of the molecule is CC/C=C\C/C=C\C/C=C\C/C=C\CCCCC(=O)OCC(COC1OC(C(=O)O)C(O)C(O)C1O)OC(=O)CCCC/C=C\C/C=C\C/C=C\C/C=C\CC. The highest BCUT2D eigenvalue weighted by Gasteiger charge is 2.47. The van der Waals surface area contributed by atoms with Gasteiger partial charge in [-0.15, -0.1) is 0 Å². The number of aliphatic hydroxyl groups excluding tert-OH is 3. The summed E-state index contributed by atoms with van der Waals surface area (Å²) in [5.74, 6) is -2.57. The van der Waals surface area contributed by atoms with Gasteiger partial charge in [-0.3, -0.25) is 9.59 Å². The minimum absolute atomic E-state index is 0.115. The molecule has 0 spiro atoms. The van der Waals surface area contributed by atoms with Gasteiger partial charge in [-0.1, -0.05) is 111 Å². The number of aliphatic hydroxyl groups is 3. The van der Waals surface area contributed by atoms with Gasteiger partial charge in [-0.2, -0.15) is 0 Å². The van der Waals surface area contributed by atoms with Crippen molar-refractivity contribution < 1.29 is 53.8 Å². The van der Waals surface area contributed by atoms with Crippen LogP contribution in [0.3, 0.4) is 0 Å². The number of carboxylic acid groups (broad SMARTS) is 1. The van der Waals surface area contributed by atoms with Crippen LogP contribution in [0.1, 0.15) is 117 Å². The number of rotatable bonds is 31. The summed E-state index contributed by atoms with van der Waals surface area (Å²) in [4.78, 5) is 36.7. The van der Waals surface area contributed by atoms with Crippen LogP contribution in [-0.4, -0.2) is 88.4 Å². The van der Waals surface area contributed by atoms with E-state index in [-0.39, 0.29) is 19.4 Å². The molecule has 11 nitrogen and oxygen atoms in total. The molecular weight excluding hydrogens is 716 g/mol. The molecule has 1 heterocycles. The number of hydrogen-bond acceptors (Lipinski definition) is 10. The van der Waals surface area contributed by atoms with Crippen molar-refractivity contribution in [2.24, 2.45) is 0 Å². The summed E-state index contributed by atoms with van der Waals surface area (Å²) in [6.07, 6.45) is 36.1. The van der Waals surface area contributed by atoms with E-state index in [1.165, 1.54) is 0 Å². The van der Waals surface area contributed by atoms with Crippen molar-refractivity contribution in [3.63, 3.8) is 0 Å². The Labute approximate surface area is 334 Å². The van der Waals surface area contributed by atoms with Crippen LogP contribution in [0.25, 0.3) is 0 Å². The Morgan fingerprint density at radius 3 is 1.43 bits per heavy atom. The molecule has 1 fully saturated rings. The zero-order valence-corrected chi connectivity index (χ0v) is 33.6. The van der Waals surface area contributed by atoms with Crippen LogP contribution >= 0.6 is 0 Å². The van der Waals surface area contributed by atoms with Gasteiger partial charge >= 0.3 is 17.9 Å². The minimum Gasteiger partial charge on any atom is -0.479 e. The Hall–Kier alpha value is -3.87. The molecule has 0 aromatic carbocycles. The third kappa shape index (κ3) is 26.1. The molecule has 0 aliphatic carbocycles. The molecule has 1 aliphatic heterocycles. The first kappa shape index (κ1) is 50.1. The Bertz CT molecular complexity index is 1290. The van der Waals surface area contributed by atoms with Gasteiger partial charge in [0, 0.05) is 12.8 Å². The number of unbranched alkanes of at least 4 members (excludes halogenated alkanes) is 4. The predicted octanol–water partition coefficient (Wildman–Crippen LogP) is 8.08. The highest BCUT2D eigenvalue weighted by molar-refractivity contribution is 5.73. The van der Waals surface area contributed by atoms with E-state index in [1.807, 2.05) is 0 Å². The number of esters is 2. The molecule has 314 valence electrons. The molecule has 0 aromatic heterocycles. The first-order chi connectivity index (χ1) is 27.2. The van der Waals surface area contributed by atoms with Gasteiger partial charge < -0.3 is 39.4 Å². The van der Waals surface area contributed by atoms with Crippen molar-refractivity contribution >= 4 is 17.9 Å². The molecule has 11 heteroatoms. The fraction of sp³-hybridized carbons (Fsp3) is 0.578. The van der Waals surface area contributed by atoms with E-state index < -0.39 is 61.3 Å². The van der Waals surface area contributed by atoms with E-state index in [2.05, 4.69) is 111 Å². The summed E-state index contributed by atoms with van der Waals surface area (Å²) >= 11 is 0. The van der Waals surface area contributed by atoms with Crippen LogP contribution in [-0.2, 0) is 33.3 Å². The first-order valence-electron chi connectivity index (χ1n) is 20.3. The molecule has 0 saturated carbocycles. The Morgan fingerprint density at radius 2 is 0.982 bits per heavy atom. The first-order valence-corrected chi connectivity index (χ1v) is 20.3. The highest BCUT2D eigenvalue weighted by atomic mass is 16.7. The van der Waals surface area contributed by atoms with Crippen LogP contribution in [0.15, 0.2) is 97.2 Å². The van der Waals surface area contributed by atoms with Gasteiger partial charge in [0.15, 0.2) is 18.5 Å². The van der Waals surface area contributed by atoms with E-state index in [9.17, 15) is 34.8 Å². The number of ether oxygens (including phenoxy) is 4. The van der Waals surface area contributed by atoms with E-state index in [1.54, 1.807) is 0 Å². The number of hydrogen-bond donors (Lipinski definition) is 4. The quantitative estimate of drug-likeness (QED) is 0.0305. The van der Waals surface area contributed by atoms with Gasteiger partial charge in [-0.25, -0.2) is 4.79 Å². The van der Waals surface area contributed by atoms with E-state index in [0.29, 0.717) is 12.8 Å². The molecule has 1 aliphatic rings. The van der Waals surface area contributed by atoms with Gasteiger partial charge in [-0.05, 0) is 89.9 Å². The smallest absolute Gasteiger partial charge is 0.335 e. The zero-order chi connectivity index (χ0) is 41.1. The predicted molar refractivity (Wildman–Crippen MR) is 219 cm³/mol. The number of carboxylic acids is 1. The second-order valence-electron chi connectivity index (χ2n) is 13.4. The maximum atomic E-state index is 12.7. The van der Waals surface area contributed by atoms with Crippen LogP contribution in [0.2, 0.25) is 0 Å². The molecule has 1 rings (SSSR count).